The number of nitrogens with one attached hydrogen (secondary N) is 2. The van der Waals surface area contributed by atoms with Crippen LogP contribution in [-0.4, -0.2) is 22.8 Å². The molecule has 2 aromatic carbocycles. The van der Waals surface area contributed by atoms with Gasteiger partial charge in [0.1, 0.15) is 17.2 Å². The number of furan rings is 1. The Hall–Kier alpha value is -4.20. The van der Waals surface area contributed by atoms with Gasteiger partial charge in [-0.05, 0) is 51.1 Å². The number of nitro groups is 1. The highest BCUT2D eigenvalue weighted by Crippen LogP contribution is 2.31. The molecular weight excluding hydrogens is 410 g/mol. The molecule has 3 aromatic rings. The highest BCUT2D eigenvalue weighted by molar-refractivity contribution is 6.05. The van der Waals surface area contributed by atoms with Gasteiger partial charge in [-0.3, -0.25) is 19.7 Å². The summed E-state index contributed by atoms with van der Waals surface area (Å²) in [6.45, 7) is 5.52. The minimum atomic E-state index is -0.489. The molecule has 0 fully saturated rings. The number of para-hydroxylation sites is 1. The van der Waals surface area contributed by atoms with E-state index in [1.54, 1.807) is 68.4 Å². The lowest BCUT2D eigenvalue weighted by Crippen LogP contribution is -2.38. The molecule has 3 rings (SSSR count). The molecule has 164 valence electrons. The molecule has 0 spiro atoms. The molecule has 0 aliphatic rings. The number of amides is 2. The molecule has 0 aliphatic heterocycles. The first kappa shape index (κ1) is 22.5. The van der Waals surface area contributed by atoms with E-state index in [9.17, 15) is 19.7 Å². The van der Waals surface area contributed by atoms with Gasteiger partial charge in [-0.15, -0.1) is 0 Å². The first-order valence-corrected chi connectivity index (χ1v) is 9.99. The van der Waals surface area contributed by atoms with Gasteiger partial charge in [0.25, 0.3) is 17.5 Å². The van der Waals surface area contributed by atoms with Crippen LogP contribution in [0.25, 0.3) is 17.4 Å². The van der Waals surface area contributed by atoms with Gasteiger partial charge in [0.15, 0.2) is 0 Å². The summed E-state index contributed by atoms with van der Waals surface area (Å²) in [7, 11) is 0. The summed E-state index contributed by atoms with van der Waals surface area (Å²) in [5.41, 5.74) is 1.62. The normalized spacial score (nSPS) is 11.3. The summed E-state index contributed by atoms with van der Waals surface area (Å²) in [6, 6.07) is 16.2. The van der Waals surface area contributed by atoms with Crippen LogP contribution in [0.3, 0.4) is 0 Å². The van der Waals surface area contributed by atoms with Crippen LogP contribution in [0.1, 0.15) is 35.5 Å². The monoisotopic (exact) mass is 433 g/mol. The van der Waals surface area contributed by atoms with Gasteiger partial charge in [0.2, 0.25) is 0 Å². The van der Waals surface area contributed by atoms with Gasteiger partial charge >= 0.3 is 0 Å². The Morgan fingerprint density at radius 1 is 1.03 bits per heavy atom. The molecule has 0 bridgehead atoms. The van der Waals surface area contributed by atoms with Crippen molar-refractivity contribution in [1.82, 2.24) is 10.6 Å². The van der Waals surface area contributed by atoms with Crippen LogP contribution < -0.4 is 10.6 Å². The average molecular weight is 433 g/mol. The Bertz CT molecular complexity index is 1180. The van der Waals surface area contributed by atoms with E-state index >= 15 is 0 Å². The Labute approximate surface area is 185 Å². The molecule has 0 radical (unpaired) electrons. The van der Waals surface area contributed by atoms with Gasteiger partial charge in [-0.1, -0.05) is 29.8 Å². The number of aryl methyl sites for hydroxylation is 1. The second-order valence-corrected chi connectivity index (χ2v) is 7.48. The SMILES string of the molecule is Cc1ccc(C(=O)NC(=Cc2ccc(-c3ccccc3[N+](=O)[O-])o2)C(=O)NC(C)C)cc1. The second kappa shape index (κ2) is 9.74. The lowest BCUT2D eigenvalue weighted by molar-refractivity contribution is -0.384. The molecule has 8 nitrogen and oxygen atoms in total. The summed E-state index contributed by atoms with van der Waals surface area (Å²) in [5, 5.41) is 16.7. The molecule has 1 aromatic heterocycles. The first-order chi connectivity index (χ1) is 15.2. The summed E-state index contributed by atoms with van der Waals surface area (Å²) in [6.07, 6.45) is 1.39. The van der Waals surface area contributed by atoms with Crippen molar-refractivity contribution in [2.24, 2.45) is 0 Å². The predicted octanol–water partition coefficient (Wildman–Crippen LogP) is 4.46. The van der Waals surface area contributed by atoms with Crippen LogP contribution in [0.2, 0.25) is 0 Å². The van der Waals surface area contributed by atoms with E-state index in [0.717, 1.165) is 5.56 Å². The molecule has 0 saturated carbocycles. The van der Waals surface area contributed by atoms with Crippen molar-refractivity contribution >= 4 is 23.6 Å². The number of benzene rings is 2. The number of carbonyl (C=O) groups excluding carboxylic acids is 2. The zero-order chi connectivity index (χ0) is 23.3. The molecule has 8 heteroatoms. The van der Waals surface area contributed by atoms with Gasteiger partial charge < -0.3 is 15.1 Å². The fourth-order valence-electron chi connectivity index (χ4n) is 2.96. The standard InChI is InChI=1S/C24H23N3O5/c1-15(2)25-24(29)20(26-23(28)17-10-8-16(3)9-11-17)14-18-12-13-22(32-18)19-6-4-5-7-21(19)27(30)31/h4-15H,1-3H3,(H,25,29)(H,26,28). The van der Waals surface area contributed by atoms with E-state index in [1.807, 2.05) is 6.92 Å². The van der Waals surface area contributed by atoms with E-state index in [2.05, 4.69) is 10.6 Å². The Kier molecular flexibility index (Phi) is 6.84. The van der Waals surface area contributed by atoms with E-state index in [-0.39, 0.29) is 28.9 Å². The van der Waals surface area contributed by atoms with Crippen molar-refractivity contribution in [3.05, 3.63) is 93.4 Å². The number of rotatable bonds is 7. The number of hydrogen-bond donors (Lipinski definition) is 2. The zero-order valence-corrected chi connectivity index (χ0v) is 17.9. The molecule has 2 amide bonds. The Balaban J connectivity index is 1.93. The van der Waals surface area contributed by atoms with Crippen molar-refractivity contribution < 1.29 is 18.9 Å². The highest BCUT2D eigenvalue weighted by Gasteiger charge is 2.19. The minimum absolute atomic E-state index is 0.00673. The first-order valence-electron chi connectivity index (χ1n) is 9.99. The molecule has 0 saturated heterocycles. The quantitative estimate of drug-likeness (QED) is 0.324. The summed E-state index contributed by atoms with van der Waals surface area (Å²) in [4.78, 5) is 36.1. The lowest BCUT2D eigenvalue weighted by Gasteiger charge is -2.13. The van der Waals surface area contributed by atoms with Crippen LogP contribution in [0.4, 0.5) is 5.69 Å². The smallest absolute Gasteiger partial charge is 0.280 e. The molecule has 1 heterocycles. The summed E-state index contributed by atoms with van der Waals surface area (Å²) < 4.78 is 5.74. The highest BCUT2D eigenvalue weighted by atomic mass is 16.6. The van der Waals surface area contributed by atoms with Crippen LogP contribution >= 0.6 is 0 Å². The Morgan fingerprint density at radius 2 is 1.72 bits per heavy atom. The third-order valence-corrected chi connectivity index (χ3v) is 4.51. The van der Waals surface area contributed by atoms with E-state index in [4.69, 9.17) is 4.42 Å². The van der Waals surface area contributed by atoms with E-state index in [0.29, 0.717) is 11.1 Å². The summed E-state index contributed by atoms with van der Waals surface area (Å²) in [5.74, 6) is -0.391. The zero-order valence-electron chi connectivity index (χ0n) is 17.9. The second-order valence-electron chi connectivity index (χ2n) is 7.48. The maximum Gasteiger partial charge on any atom is 0.280 e. The molecule has 32 heavy (non-hydrogen) atoms. The topological polar surface area (TPSA) is 114 Å². The van der Waals surface area contributed by atoms with Crippen molar-refractivity contribution in [3.63, 3.8) is 0 Å². The number of carbonyl (C=O) groups is 2. The average Bonchev–Trinajstić information content (AvgIpc) is 3.21. The third-order valence-electron chi connectivity index (χ3n) is 4.51. The predicted molar refractivity (Wildman–Crippen MR) is 121 cm³/mol. The van der Waals surface area contributed by atoms with Crippen molar-refractivity contribution in [2.75, 3.05) is 0 Å². The van der Waals surface area contributed by atoms with Gasteiger partial charge in [-0.2, -0.15) is 0 Å². The fourth-order valence-corrected chi connectivity index (χ4v) is 2.96. The molecule has 0 aliphatic carbocycles. The van der Waals surface area contributed by atoms with Crippen LogP contribution in [0.15, 0.2) is 70.8 Å². The number of nitro benzene ring substituents is 1. The van der Waals surface area contributed by atoms with Crippen molar-refractivity contribution in [1.29, 1.82) is 0 Å². The maximum atomic E-state index is 12.7. The largest absolute Gasteiger partial charge is 0.456 e. The number of hydrogen-bond acceptors (Lipinski definition) is 5. The van der Waals surface area contributed by atoms with Gasteiger partial charge in [-0.25, -0.2) is 0 Å². The molecule has 2 N–H and O–H groups in total. The fraction of sp³-hybridized carbons (Fsp3) is 0.167. The van der Waals surface area contributed by atoms with E-state index in [1.165, 1.54) is 12.1 Å². The number of nitrogens with zero attached hydrogens (tertiary/aromatic N) is 1. The van der Waals surface area contributed by atoms with Crippen LogP contribution in [0, 0.1) is 17.0 Å². The minimum Gasteiger partial charge on any atom is -0.456 e. The maximum absolute atomic E-state index is 12.7. The summed E-state index contributed by atoms with van der Waals surface area (Å²) >= 11 is 0. The Morgan fingerprint density at radius 3 is 2.38 bits per heavy atom. The lowest BCUT2D eigenvalue weighted by atomic mass is 10.1. The van der Waals surface area contributed by atoms with Crippen LogP contribution in [-0.2, 0) is 4.79 Å². The van der Waals surface area contributed by atoms with Crippen molar-refractivity contribution in [2.45, 2.75) is 26.8 Å². The van der Waals surface area contributed by atoms with Gasteiger partial charge in [0, 0.05) is 23.7 Å². The third kappa shape index (κ3) is 5.48. The van der Waals surface area contributed by atoms with Crippen LogP contribution in [0.5, 0.6) is 0 Å². The van der Waals surface area contributed by atoms with Crippen molar-refractivity contribution in [3.8, 4) is 11.3 Å². The van der Waals surface area contributed by atoms with Gasteiger partial charge in [0.05, 0.1) is 10.5 Å². The molecule has 0 atom stereocenters. The molecule has 0 unspecified atom stereocenters. The molecular formula is C24H23N3O5. The van der Waals surface area contributed by atoms with E-state index < -0.39 is 16.7 Å².